The molecule has 0 radical (unpaired) electrons. The Morgan fingerprint density at radius 3 is 2.94 bits per heavy atom. The third-order valence-corrected chi connectivity index (χ3v) is 3.58. The Morgan fingerprint density at radius 2 is 2.24 bits per heavy atom. The van der Waals surface area contributed by atoms with E-state index in [1.807, 2.05) is 0 Å². The SMILES string of the molecule is C#CCCCNC1CC(c2cccc(C)c2)C1. The molecule has 1 aliphatic rings. The van der Waals surface area contributed by atoms with E-state index in [4.69, 9.17) is 6.42 Å². The molecule has 0 atom stereocenters. The number of unbranched alkanes of at least 4 members (excludes halogenated alkanes) is 1. The van der Waals surface area contributed by atoms with Gasteiger partial charge < -0.3 is 5.32 Å². The van der Waals surface area contributed by atoms with Crippen LogP contribution in [0.2, 0.25) is 0 Å². The van der Waals surface area contributed by atoms with Crippen LogP contribution in [-0.2, 0) is 0 Å². The number of hydrogen-bond acceptors (Lipinski definition) is 1. The zero-order valence-corrected chi connectivity index (χ0v) is 10.6. The Hall–Kier alpha value is -1.26. The Labute approximate surface area is 105 Å². The molecule has 2 rings (SSSR count). The van der Waals surface area contributed by atoms with Crippen molar-refractivity contribution in [2.45, 2.75) is 44.6 Å². The van der Waals surface area contributed by atoms with Crippen molar-refractivity contribution in [2.75, 3.05) is 6.54 Å². The molecule has 0 spiro atoms. The van der Waals surface area contributed by atoms with Gasteiger partial charge in [0.25, 0.3) is 0 Å². The highest BCUT2D eigenvalue weighted by atomic mass is 14.9. The summed E-state index contributed by atoms with van der Waals surface area (Å²) in [6.45, 7) is 3.23. The van der Waals surface area contributed by atoms with E-state index in [0.717, 1.165) is 25.3 Å². The first-order chi connectivity index (χ1) is 8.29. The van der Waals surface area contributed by atoms with E-state index in [1.54, 1.807) is 0 Å². The molecular weight excluding hydrogens is 206 g/mol. The zero-order valence-electron chi connectivity index (χ0n) is 10.6. The normalized spacial score (nSPS) is 22.8. The number of hydrogen-bond donors (Lipinski definition) is 1. The van der Waals surface area contributed by atoms with Gasteiger partial charge in [-0.25, -0.2) is 0 Å². The Bertz CT molecular complexity index is 396. The molecule has 1 aromatic carbocycles. The van der Waals surface area contributed by atoms with Crippen molar-refractivity contribution in [1.82, 2.24) is 5.32 Å². The molecule has 0 bridgehead atoms. The quantitative estimate of drug-likeness (QED) is 0.601. The first kappa shape index (κ1) is 12.2. The fourth-order valence-electron chi connectivity index (χ4n) is 2.48. The molecule has 1 heteroatoms. The predicted molar refractivity (Wildman–Crippen MR) is 73.0 cm³/mol. The van der Waals surface area contributed by atoms with Gasteiger partial charge in [-0.05, 0) is 44.2 Å². The lowest BCUT2D eigenvalue weighted by Gasteiger charge is -2.36. The predicted octanol–water partition coefficient (Wildman–Crippen LogP) is 3.24. The lowest BCUT2D eigenvalue weighted by molar-refractivity contribution is 0.291. The van der Waals surface area contributed by atoms with Crippen molar-refractivity contribution < 1.29 is 0 Å². The molecule has 0 amide bonds. The summed E-state index contributed by atoms with van der Waals surface area (Å²) in [5.74, 6) is 3.44. The molecule has 90 valence electrons. The molecule has 0 unspecified atom stereocenters. The second-order valence-electron chi connectivity index (χ2n) is 5.04. The molecule has 1 N–H and O–H groups in total. The van der Waals surface area contributed by atoms with Gasteiger partial charge in [0.1, 0.15) is 0 Å². The fourth-order valence-corrected chi connectivity index (χ4v) is 2.48. The largest absolute Gasteiger partial charge is 0.314 e. The van der Waals surface area contributed by atoms with Crippen LogP contribution in [0.5, 0.6) is 0 Å². The maximum Gasteiger partial charge on any atom is 0.00981 e. The van der Waals surface area contributed by atoms with Crippen LogP contribution in [0.3, 0.4) is 0 Å². The minimum absolute atomic E-state index is 0.707. The molecule has 17 heavy (non-hydrogen) atoms. The molecule has 1 aromatic rings. The van der Waals surface area contributed by atoms with Crippen LogP contribution in [0.1, 0.15) is 42.7 Å². The highest BCUT2D eigenvalue weighted by Crippen LogP contribution is 2.36. The topological polar surface area (TPSA) is 12.0 Å². The van der Waals surface area contributed by atoms with Crippen LogP contribution in [0.25, 0.3) is 0 Å². The fraction of sp³-hybridized carbons (Fsp3) is 0.500. The Balaban J connectivity index is 1.70. The maximum atomic E-state index is 5.23. The van der Waals surface area contributed by atoms with Crippen LogP contribution >= 0.6 is 0 Å². The van der Waals surface area contributed by atoms with E-state index < -0.39 is 0 Å². The van der Waals surface area contributed by atoms with E-state index >= 15 is 0 Å². The van der Waals surface area contributed by atoms with Crippen molar-refractivity contribution in [2.24, 2.45) is 0 Å². The van der Waals surface area contributed by atoms with Crippen molar-refractivity contribution >= 4 is 0 Å². The molecule has 0 aromatic heterocycles. The van der Waals surface area contributed by atoms with Crippen LogP contribution in [0.4, 0.5) is 0 Å². The van der Waals surface area contributed by atoms with Gasteiger partial charge >= 0.3 is 0 Å². The lowest BCUT2D eigenvalue weighted by Crippen LogP contribution is -2.40. The molecule has 1 saturated carbocycles. The van der Waals surface area contributed by atoms with Gasteiger partial charge in [0.15, 0.2) is 0 Å². The molecule has 1 aliphatic carbocycles. The summed E-state index contributed by atoms with van der Waals surface area (Å²) < 4.78 is 0. The summed E-state index contributed by atoms with van der Waals surface area (Å²) in [6.07, 6.45) is 9.77. The summed E-state index contributed by atoms with van der Waals surface area (Å²) in [6, 6.07) is 9.61. The standard InChI is InChI=1S/C16H21N/c1-3-4-5-9-17-16-11-15(12-16)14-8-6-7-13(2)10-14/h1,6-8,10,15-17H,4-5,9,11-12H2,2H3. The molecule has 0 heterocycles. The van der Waals surface area contributed by atoms with Crippen LogP contribution < -0.4 is 5.32 Å². The van der Waals surface area contributed by atoms with Crippen molar-refractivity contribution in [1.29, 1.82) is 0 Å². The first-order valence-electron chi connectivity index (χ1n) is 6.53. The van der Waals surface area contributed by atoms with Crippen LogP contribution in [0.15, 0.2) is 24.3 Å². The molecule has 1 nitrogen and oxygen atoms in total. The third-order valence-electron chi connectivity index (χ3n) is 3.58. The van der Waals surface area contributed by atoms with Gasteiger partial charge in [-0.1, -0.05) is 29.8 Å². The first-order valence-corrected chi connectivity index (χ1v) is 6.53. The molecular formula is C16H21N. The highest BCUT2D eigenvalue weighted by molar-refractivity contribution is 5.27. The number of benzene rings is 1. The van der Waals surface area contributed by atoms with Crippen LogP contribution in [-0.4, -0.2) is 12.6 Å². The summed E-state index contributed by atoms with van der Waals surface area (Å²) in [5, 5.41) is 3.57. The highest BCUT2D eigenvalue weighted by Gasteiger charge is 2.29. The molecule has 0 aliphatic heterocycles. The van der Waals surface area contributed by atoms with Crippen LogP contribution in [0, 0.1) is 19.3 Å². The summed E-state index contributed by atoms with van der Waals surface area (Å²) in [5.41, 5.74) is 2.87. The van der Waals surface area contributed by atoms with Gasteiger partial charge in [-0.3, -0.25) is 0 Å². The lowest BCUT2D eigenvalue weighted by atomic mass is 9.75. The van der Waals surface area contributed by atoms with E-state index in [9.17, 15) is 0 Å². The van der Waals surface area contributed by atoms with E-state index in [0.29, 0.717) is 6.04 Å². The second-order valence-corrected chi connectivity index (χ2v) is 5.04. The summed E-state index contributed by atoms with van der Waals surface area (Å²) in [4.78, 5) is 0. The maximum absolute atomic E-state index is 5.23. The molecule has 1 fully saturated rings. The summed E-state index contributed by atoms with van der Waals surface area (Å²) >= 11 is 0. The van der Waals surface area contributed by atoms with Gasteiger partial charge in [-0.2, -0.15) is 0 Å². The van der Waals surface area contributed by atoms with E-state index in [-0.39, 0.29) is 0 Å². The Kier molecular flexibility index (Phi) is 4.23. The van der Waals surface area contributed by atoms with Gasteiger partial charge in [0.2, 0.25) is 0 Å². The van der Waals surface area contributed by atoms with E-state index in [1.165, 1.54) is 24.0 Å². The Morgan fingerprint density at radius 1 is 1.41 bits per heavy atom. The molecule has 0 saturated heterocycles. The average Bonchev–Trinajstić information content (AvgIpc) is 2.26. The number of nitrogens with one attached hydrogen (secondary N) is 1. The summed E-state index contributed by atoms with van der Waals surface area (Å²) in [7, 11) is 0. The van der Waals surface area contributed by atoms with Crippen molar-refractivity contribution in [3.8, 4) is 12.3 Å². The minimum Gasteiger partial charge on any atom is -0.314 e. The van der Waals surface area contributed by atoms with E-state index in [2.05, 4.69) is 42.4 Å². The van der Waals surface area contributed by atoms with Gasteiger partial charge in [0.05, 0.1) is 0 Å². The number of rotatable bonds is 5. The monoisotopic (exact) mass is 227 g/mol. The van der Waals surface area contributed by atoms with Gasteiger partial charge in [0, 0.05) is 12.5 Å². The van der Waals surface area contributed by atoms with Gasteiger partial charge in [-0.15, -0.1) is 12.3 Å². The smallest absolute Gasteiger partial charge is 0.00981 e. The average molecular weight is 227 g/mol. The van der Waals surface area contributed by atoms with Crippen molar-refractivity contribution in [3.05, 3.63) is 35.4 Å². The third kappa shape index (κ3) is 3.35. The zero-order chi connectivity index (χ0) is 12.1. The van der Waals surface area contributed by atoms with Crippen molar-refractivity contribution in [3.63, 3.8) is 0 Å². The number of terminal acetylenes is 1. The minimum atomic E-state index is 0.707. The second kappa shape index (κ2) is 5.89. The number of aryl methyl sites for hydroxylation is 1.